The summed E-state index contributed by atoms with van der Waals surface area (Å²) < 4.78 is 46.1. The summed E-state index contributed by atoms with van der Waals surface area (Å²) in [7, 11) is 1.61. The average molecular weight is 440 g/mol. The van der Waals surface area contributed by atoms with Crippen molar-refractivity contribution < 1.29 is 17.9 Å². The second-order valence-electron chi connectivity index (χ2n) is 7.46. The Kier molecular flexibility index (Phi) is 6.79. The number of rotatable bonds is 3. The molecular weight excluding hydrogens is 421 g/mol. The van der Waals surface area contributed by atoms with Gasteiger partial charge in [0.05, 0.1) is 12.2 Å². The van der Waals surface area contributed by atoms with Gasteiger partial charge in [-0.2, -0.15) is 0 Å². The van der Waals surface area contributed by atoms with E-state index in [1.54, 1.807) is 31.4 Å². The third-order valence-electron chi connectivity index (χ3n) is 5.09. The number of halogens is 3. The highest BCUT2D eigenvalue weighted by Gasteiger charge is 2.04. The molecule has 0 amide bonds. The number of benzene rings is 4. The van der Waals surface area contributed by atoms with Crippen LogP contribution in [0.2, 0.25) is 0 Å². The molecule has 4 aromatic rings. The van der Waals surface area contributed by atoms with Crippen molar-refractivity contribution in [3.8, 4) is 23.7 Å². The molecule has 0 radical (unpaired) electrons. The van der Waals surface area contributed by atoms with Crippen LogP contribution in [0.15, 0.2) is 72.8 Å². The summed E-state index contributed by atoms with van der Waals surface area (Å²) in [5.41, 5.74) is 3.42. The second-order valence-corrected chi connectivity index (χ2v) is 7.46. The molecule has 0 heterocycles. The van der Waals surface area contributed by atoms with E-state index < -0.39 is 11.6 Å². The van der Waals surface area contributed by atoms with Crippen LogP contribution >= 0.6 is 0 Å². The standard InChI is InChI=1S/C29H19F3O/c1-33-15-14-23-9-12-24(27(30)17-23)11-8-21-4-2-20(3-5-21)6-7-22-10-13-25-18-28(31)29(32)19-26(25)16-22/h2-5,9-10,12-13,16-19H,14-15H2,1H3. The number of methoxy groups -OCH3 is 1. The summed E-state index contributed by atoms with van der Waals surface area (Å²) in [4.78, 5) is 0. The first-order chi connectivity index (χ1) is 16.0. The van der Waals surface area contributed by atoms with Crippen LogP contribution in [0, 0.1) is 41.1 Å². The Morgan fingerprint density at radius 1 is 0.606 bits per heavy atom. The first-order valence-corrected chi connectivity index (χ1v) is 10.3. The minimum absolute atomic E-state index is 0.340. The average Bonchev–Trinajstić information content (AvgIpc) is 2.82. The van der Waals surface area contributed by atoms with Crippen molar-refractivity contribution in [2.45, 2.75) is 6.42 Å². The monoisotopic (exact) mass is 440 g/mol. The van der Waals surface area contributed by atoms with E-state index in [1.807, 2.05) is 30.3 Å². The third-order valence-corrected chi connectivity index (χ3v) is 5.09. The van der Waals surface area contributed by atoms with Crippen molar-refractivity contribution >= 4 is 10.8 Å². The van der Waals surface area contributed by atoms with Crippen molar-refractivity contribution in [1.82, 2.24) is 0 Å². The molecule has 0 N–H and O–H groups in total. The van der Waals surface area contributed by atoms with Crippen molar-refractivity contribution in [3.63, 3.8) is 0 Å². The lowest BCUT2D eigenvalue weighted by molar-refractivity contribution is 0.202. The molecule has 0 aromatic heterocycles. The van der Waals surface area contributed by atoms with Crippen molar-refractivity contribution in [2.75, 3.05) is 13.7 Å². The van der Waals surface area contributed by atoms with Gasteiger partial charge in [-0.1, -0.05) is 35.8 Å². The molecule has 1 nitrogen and oxygen atoms in total. The minimum Gasteiger partial charge on any atom is -0.384 e. The fraction of sp³-hybridized carbons (Fsp3) is 0.103. The highest BCUT2D eigenvalue weighted by molar-refractivity contribution is 5.84. The maximum atomic E-state index is 14.2. The Labute approximate surface area is 190 Å². The van der Waals surface area contributed by atoms with Crippen LogP contribution in [-0.4, -0.2) is 13.7 Å². The maximum absolute atomic E-state index is 14.2. The van der Waals surface area contributed by atoms with Crippen LogP contribution in [0.1, 0.15) is 27.8 Å². The van der Waals surface area contributed by atoms with Crippen molar-refractivity contribution in [2.24, 2.45) is 0 Å². The van der Waals surface area contributed by atoms with Gasteiger partial charge in [-0.15, -0.1) is 0 Å². The molecule has 0 atom stereocenters. The zero-order valence-corrected chi connectivity index (χ0v) is 17.9. The van der Waals surface area contributed by atoms with Gasteiger partial charge in [0.1, 0.15) is 5.82 Å². The van der Waals surface area contributed by atoms with Crippen molar-refractivity contribution in [3.05, 3.63) is 118 Å². The quantitative estimate of drug-likeness (QED) is 0.343. The van der Waals surface area contributed by atoms with Crippen LogP contribution in [0.25, 0.3) is 10.8 Å². The van der Waals surface area contributed by atoms with Gasteiger partial charge < -0.3 is 4.74 Å². The van der Waals surface area contributed by atoms with Gasteiger partial charge in [0.25, 0.3) is 0 Å². The molecule has 0 saturated carbocycles. The Bertz CT molecular complexity index is 1430. The SMILES string of the molecule is COCCc1ccc(C#Cc2ccc(C#Cc3ccc4cc(F)c(F)cc4c3)cc2)c(F)c1. The Morgan fingerprint density at radius 3 is 1.88 bits per heavy atom. The first kappa shape index (κ1) is 22.2. The van der Waals surface area contributed by atoms with Gasteiger partial charge in [0.2, 0.25) is 0 Å². The van der Waals surface area contributed by atoms with E-state index in [0.717, 1.165) is 16.7 Å². The van der Waals surface area contributed by atoms with Crippen LogP contribution in [0.3, 0.4) is 0 Å². The molecule has 4 aromatic carbocycles. The van der Waals surface area contributed by atoms with Gasteiger partial charge in [-0.25, -0.2) is 13.2 Å². The van der Waals surface area contributed by atoms with Gasteiger partial charge >= 0.3 is 0 Å². The number of ether oxygens (including phenoxy) is 1. The van der Waals surface area contributed by atoms with E-state index >= 15 is 0 Å². The molecule has 0 unspecified atom stereocenters. The lowest BCUT2D eigenvalue weighted by atomic mass is 10.1. The number of hydrogen-bond donors (Lipinski definition) is 0. The molecule has 33 heavy (non-hydrogen) atoms. The summed E-state index contributed by atoms with van der Waals surface area (Å²) in [6, 6.07) is 19.8. The van der Waals surface area contributed by atoms with E-state index in [0.29, 0.717) is 34.9 Å². The molecule has 0 saturated heterocycles. The lowest BCUT2D eigenvalue weighted by Gasteiger charge is -2.01. The summed E-state index contributed by atoms with van der Waals surface area (Å²) in [6.45, 7) is 0.541. The fourth-order valence-electron chi connectivity index (χ4n) is 3.28. The highest BCUT2D eigenvalue weighted by Crippen LogP contribution is 2.20. The van der Waals surface area contributed by atoms with Gasteiger partial charge in [-0.05, 0) is 83.4 Å². The molecular formula is C29H19F3O. The summed E-state index contributed by atoms with van der Waals surface area (Å²) in [5.74, 6) is 9.81. The van der Waals surface area contributed by atoms with Gasteiger partial charge in [-0.3, -0.25) is 0 Å². The summed E-state index contributed by atoms with van der Waals surface area (Å²) >= 11 is 0. The second kappa shape index (κ2) is 10.1. The number of hydrogen-bond acceptors (Lipinski definition) is 1. The molecule has 4 rings (SSSR count). The van der Waals surface area contributed by atoms with E-state index in [2.05, 4.69) is 23.7 Å². The van der Waals surface area contributed by atoms with Crippen LogP contribution < -0.4 is 0 Å². The van der Waals surface area contributed by atoms with E-state index in [9.17, 15) is 13.2 Å². The third kappa shape index (κ3) is 5.63. The number of fused-ring (bicyclic) bond motifs is 1. The smallest absolute Gasteiger partial charge is 0.159 e. The predicted molar refractivity (Wildman–Crippen MR) is 124 cm³/mol. The normalized spacial score (nSPS) is 10.3. The topological polar surface area (TPSA) is 9.23 Å². The molecule has 4 heteroatoms. The zero-order chi connectivity index (χ0) is 23.2. The van der Waals surface area contributed by atoms with Gasteiger partial charge in [0.15, 0.2) is 11.6 Å². The summed E-state index contributed by atoms with van der Waals surface area (Å²) in [6.07, 6.45) is 0.651. The largest absolute Gasteiger partial charge is 0.384 e. The first-order valence-electron chi connectivity index (χ1n) is 10.3. The molecule has 0 bridgehead atoms. The maximum Gasteiger partial charge on any atom is 0.159 e. The lowest BCUT2D eigenvalue weighted by Crippen LogP contribution is -1.96. The van der Waals surface area contributed by atoms with Crippen LogP contribution in [-0.2, 0) is 11.2 Å². The molecule has 0 fully saturated rings. The Morgan fingerprint density at radius 2 is 1.21 bits per heavy atom. The highest BCUT2D eigenvalue weighted by atomic mass is 19.2. The fourth-order valence-corrected chi connectivity index (χ4v) is 3.28. The zero-order valence-electron chi connectivity index (χ0n) is 17.9. The van der Waals surface area contributed by atoms with E-state index in [1.165, 1.54) is 18.2 Å². The molecule has 0 aliphatic rings. The molecule has 162 valence electrons. The van der Waals surface area contributed by atoms with Crippen molar-refractivity contribution in [1.29, 1.82) is 0 Å². The minimum atomic E-state index is -0.883. The molecule has 0 aliphatic carbocycles. The predicted octanol–water partition coefficient (Wildman–Crippen LogP) is 6.25. The Hall–Kier alpha value is -3.99. The Balaban J connectivity index is 1.48. The van der Waals surface area contributed by atoms with Crippen LogP contribution in [0.5, 0.6) is 0 Å². The summed E-state index contributed by atoms with van der Waals surface area (Å²) in [5, 5.41) is 1.20. The van der Waals surface area contributed by atoms with E-state index in [-0.39, 0.29) is 5.82 Å². The molecule has 0 spiro atoms. The van der Waals surface area contributed by atoms with E-state index in [4.69, 9.17) is 4.74 Å². The van der Waals surface area contributed by atoms with Crippen LogP contribution in [0.4, 0.5) is 13.2 Å². The molecule has 0 aliphatic heterocycles. The van der Waals surface area contributed by atoms with Gasteiger partial charge in [0, 0.05) is 23.8 Å².